The molecule has 0 bridgehead atoms. The van der Waals surface area contributed by atoms with Crippen molar-refractivity contribution in [3.63, 3.8) is 0 Å². The number of allylic oxidation sites excluding steroid dienone is 8. The third-order valence-corrected chi connectivity index (χ3v) is 10.2. The number of esters is 1. The summed E-state index contributed by atoms with van der Waals surface area (Å²) in [6.45, 7) is 13.3. The molecule has 1 rings (SSSR count). The van der Waals surface area contributed by atoms with Gasteiger partial charge in [0.2, 0.25) is 0 Å². The Morgan fingerprint density at radius 3 is 1.39 bits per heavy atom. The van der Waals surface area contributed by atoms with Gasteiger partial charge in [-0.25, -0.2) is 0 Å². The smallest absolute Gasteiger partial charge is 0.307 e. The molecule has 0 aromatic rings. The van der Waals surface area contributed by atoms with Gasteiger partial charge < -0.3 is 14.5 Å². The predicted octanol–water partition coefficient (Wildman–Crippen LogP) is 12.1. The number of hydrogen-bond donors (Lipinski definition) is 0. The van der Waals surface area contributed by atoms with E-state index in [-0.39, 0.29) is 5.97 Å². The third-order valence-electron chi connectivity index (χ3n) is 10.2. The minimum absolute atomic E-state index is 0.0312. The highest BCUT2D eigenvalue weighted by Gasteiger charge is 2.15. The summed E-state index contributed by atoms with van der Waals surface area (Å²) in [6.07, 6.45) is 50.2. The summed E-state index contributed by atoms with van der Waals surface area (Å²) in [6, 6.07) is 0. The number of unbranched alkanes of at least 4 members (excludes halogenated alkanes) is 18. The standard InChI is InChI=1S/C46H85N3O2/c1-4-6-8-10-12-14-16-18-20-22-24-26-28-30-32-34-37-48(44-45-51-46(50)36-39-49-42-40-47(3)41-43-49)38-35-33-31-29-27-25-23-21-19-17-15-13-11-9-7-5-2/h12-15,18-21H,4-11,16-17,22-45H2,1-3H3. The van der Waals surface area contributed by atoms with Crippen LogP contribution < -0.4 is 0 Å². The Morgan fingerprint density at radius 2 is 0.941 bits per heavy atom. The zero-order valence-corrected chi connectivity index (χ0v) is 34.3. The van der Waals surface area contributed by atoms with E-state index in [2.05, 4.69) is 84.2 Å². The van der Waals surface area contributed by atoms with Crippen LogP contribution in [0.25, 0.3) is 0 Å². The number of piperazine rings is 1. The van der Waals surface area contributed by atoms with Crippen molar-refractivity contribution >= 4 is 5.97 Å². The third kappa shape index (κ3) is 33.9. The Bertz CT molecular complexity index is 811. The zero-order chi connectivity index (χ0) is 36.7. The second-order valence-electron chi connectivity index (χ2n) is 15.1. The number of likely N-dealkylation sites (N-methyl/N-ethyl adjacent to an activating group) is 1. The Morgan fingerprint density at radius 1 is 0.529 bits per heavy atom. The first-order valence-electron chi connectivity index (χ1n) is 22.0. The van der Waals surface area contributed by atoms with E-state index in [1.807, 2.05) is 0 Å². The lowest BCUT2D eigenvalue weighted by molar-refractivity contribution is -0.144. The first-order valence-corrected chi connectivity index (χ1v) is 22.0. The minimum Gasteiger partial charge on any atom is -0.464 e. The van der Waals surface area contributed by atoms with Crippen molar-refractivity contribution < 1.29 is 9.53 Å². The molecular formula is C46H85N3O2. The van der Waals surface area contributed by atoms with Crippen molar-refractivity contribution in [3.05, 3.63) is 48.6 Å². The van der Waals surface area contributed by atoms with Gasteiger partial charge in [0.05, 0.1) is 6.42 Å². The molecular weight excluding hydrogens is 627 g/mol. The lowest BCUT2D eigenvalue weighted by Gasteiger charge is -2.32. The van der Waals surface area contributed by atoms with Gasteiger partial charge in [0.15, 0.2) is 0 Å². The van der Waals surface area contributed by atoms with E-state index in [9.17, 15) is 4.79 Å². The number of ether oxygens (including phenoxy) is 1. The summed E-state index contributed by atoms with van der Waals surface area (Å²) < 4.78 is 5.71. The SMILES string of the molecule is CCCCCC=CCC=CCCCCCCCCN(CCCCCCCCC=CCC=CCCCCC)CCOC(=O)CCN1CCN(C)CC1. The van der Waals surface area contributed by atoms with Crippen molar-refractivity contribution in [1.82, 2.24) is 14.7 Å². The molecule has 0 aromatic carbocycles. The van der Waals surface area contributed by atoms with E-state index in [4.69, 9.17) is 4.74 Å². The van der Waals surface area contributed by atoms with Crippen molar-refractivity contribution in [2.75, 3.05) is 66.0 Å². The Labute approximate surface area is 318 Å². The van der Waals surface area contributed by atoms with Gasteiger partial charge in [0, 0.05) is 39.3 Å². The minimum atomic E-state index is -0.0312. The van der Waals surface area contributed by atoms with Gasteiger partial charge in [0.25, 0.3) is 0 Å². The molecule has 1 heterocycles. The summed E-state index contributed by atoms with van der Waals surface area (Å²) in [5.74, 6) is -0.0312. The number of nitrogens with zero attached hydrogens (tertiary/aromatic N) is 3. The molecule has 0 atom stereocenters. The van der Waals surface area contributed by atoms with E-state index in [0.717, 1.165) is 65.2 Å². The van der Waals surface area contributed by atoms with Crippen molar-refractivity contribution in [2.45, 2.75) is 174 Å². The summed E-state index contributed by atoms with van der Waals surface area (Å²) in [5, 5.41) is 0. The summed E-state index contributed by atoms with van der Waals surface area (Å²) in [7, 11) is 2.17. The van der Waals surface area contributed by atoms with E-state index in [0.29, 0.717) is 13.0 Å². The lowest BCUT2D eigenvalue weighted by Crippen LogP contribution is -2.45. The molecule has 1 aliphatic rings. The van der Waals surface area contributed by atoms with Crippen LogP contribution in [0.15, 0.2) is 48.6 Å². The van der Waals surface area contributed by atoms with Crippen molar-refractivity contribution in [1.29, 1.82) is 0 Å². The molecule has 1 saturated heterocycles. The maximum absolute atomic E-state index is 12.5. The largest absolute Gasteiger partial charge is 0.464 e. The van der Waals surface area contributed by atoms with Crippen LogP contribution in [-0.4, -0.2) is 86.7 Å². The Hall–Kier alpha value is -1.69. The van der Waals surface area contributed by atoms with E-state index >= 15 is 0 Å². The molecule has 51 heavy (non-hydrogen) atoms. The summed E-state index contributed by atoms with van der Waals surface area (Å²) in [5.41, 5.74) is 0. The average molecular weight is 712 g/mol. The van der Waals surface area contributed by atoms with Crippen LogP contribution in [0, 0.1) is 0 Å². The first-order chi connectivity index (χ1) is 25.2. The second kappa shape index (κ2) is 38.0. The second-order valence-corrected chi connectivity index (χ2v) is 15.1. The molecule has 1 aliphatic heterocycles. The fraction of sp³-hybridized carbons (Fsp3) is 0.804. The summed E-state index contributed by atoms with van der Waals surface area (Å²) in [4.78, 5) is 19.8. The number of carbonyl (C=O) groups is 1. The van der Waals surface area contributed by atoms with Crippen LogP contribution >= 0.6 is 0 Å². The quantitative estimate of drug-likeness (QED) is 0.0367. The lowest BCUT2D eigenvalue weighted by atomic mass is 10.1. The highest BCUT2D eigenvalue weighted by Crippen LogP contribution is 2.12. The summed E-state index contributed by atoms with van der Waals surface area (Å²) >= 11 is 0. The molecule has 0 aliphatic carbocycles. The zero-order valence-electron chi connectivity index (χ0n) is 34.3. The van der Waals surface area contributed by atoms with Crippen LogP contribution in [-0.2, 0) is 9.53 Å². The first kappa shape index (κ1) is 47.3. The molecule has 0 saturated carbocycles. The molecule has 5 heteroatoms. The molecule has 0 amide bonds. The van der Waals surface area contributed by atoms with Crippen LogP contribution in [0.3, 0.4) is 0 Å². The maximum Gasteiger partial charge on any atom is 0.307 e. The van der Waals surface area contributed by atoms with Gasteiger partial charge in [-0.3, -0.25) is 9.69 Å². The number of hydrogen-bond acceptors (Lipinski definition) is 5. The maximum atomic E-state index is 12.5. The molecule has 0 N–H and O–H groups in total. The Kier molecular flexibility index (Phi) is 35.3. The fourth-order valence-electron chi connectivity index (χ4n) is 6.66. The molecule has 1 fully saturated rings. The molecule has 5 nitrogen and oxygen atoms in total. The number of rotatable bonds is 36. The monoisotopic (exact) mass is 712 g/mol. The van der Waals surface area contributed by atoms with Crippen molar-refractivity contribution in [2.24, 2.45) is 0 Å². The molecule has 0 spiro atoms. The van der Waals surface area contributed by atoms with Gasteiger partial charge in [-0.15, -0.1) is 0 Å². The predicted molar refractivity (Wildman–Crippen MR) is 225 cm³/mol. The van der Waals surface area contributed by atoms with E-state index in [1.54, 1.807) is 0 Å². The van der Waals surface area contributed by atoms with Crippen molar-refractivity contribution in [3.8, 4) is 0 Å². The average Bonchev–Trinajstić information content (AvgIpc) is 3.14. The molecule has 296 valence electrons. The molecule has 0 radical (unpaired) electrons. The molecule has 0 aromatic heterocycles. The normalized spacial score (nSPS) is 14.8. The Balaban J connectivity index is 2.19. The highest BCUT2D eigenvalue weighted by molar-refractivity contribution is 5.69. The highest BCUT2D eigenvalue weighted by atomic mass is 16.5. The van der Waals surface area contributed by atoms with Crippen LogP contribution in [0.5, 0.6) is 0 Å². The van der Waals surface area contributed by atoms with Crippen LogP contribution in [0.2, 0.25) is 0 Å². The topological polar surface area (TPSA) is 36.0 Å². The van der Waals surface area contributed by atoms with E-state index in [1.165, 1.54) is 141 Å². The van der Waals surface area contributed by atoms with Crippen LogP contribution in [0.1, 0.15) is 174 Å². The molecule has 0 unspecified atom stereocenters. The van der Waals surface area contributed by atoms with Gasteiger partial charge in [0.1, 0.15) is 6.61 Å². The van der Waals surface area contributed by atoms with E-state index < -0.39 is 0 Å². The fourth-order valence-corrected chi connectivity index (χ4v) is 6.66. The van der Waals surface area contributed by atoms with Gasteiger partial charge >= 0.3 is 5.97 Å². The van der Waals surface area contributed by atoms with Crippen LogP contribution in [0.4, 0.5) is 0 Å². The van der Waals surface area contributed by atoms with Gasteiger partial charge in [-0.05, 0) is 97.2 Å². The number of carbonyl (C=O) groups excluding carboxylic acids is 1. The van der Waals surface area contributed by atoms with Gasteiger partial charge in [-0.2, -0.15) is 0 Å². The van der Waals surface area contributed by atoms with Gasteiger partial charge in [-0.1, -0.05) is 140 Å².